The van der Waals surface area contributed by atoms with Gasteiger partial charge in [0, 0.05) is 28.4 Å². The Bertz CT molecular complexity index is 1180. The fourth-order valence-electron chi connectivity index (χ4n) is 2.57. The van der Waals surface area contributed by atoms with Crippen LogP contribution in [0.2, 0.25) is 0 Å². The number of hydrogen-bond donors (Lipinski definition) is 1. The Morgan fingerprint density at radius 1 is 1.26 bits per heavy atom. The number of benzene rings is 1. The van der Waals surface area contributed by atoms with E-state index in [1.54, 1.807) is 6.07 Å². The van der Waals surface area contributed by atoms with E-state index in [1.165, 1.54) is 33.6 Å². The molecule has 0 bridgehead atoms. The fourth-order valence-corrected chi connectivity index (χ4v) is 4.43. The van der Waals surface area contributed by atoms with Gasteiger partial charge in [0.15, 0.2) is 5.13 Å². The van der Waals surface area contributed by atoms with Crippen LogP contribution in [0.1, 0.15) is 6.42 Å². The smallest absolute Gasteiger partial charge is 0.262 e. The van der Waals surface area contributed by atoms with Crippen molar-refractivity contribution in [3.63, 3.8) is 0 Å². The zero-order chi connectivity index (χ0) is 18.8. The first-order valence-corrected chi connectivity index (χ1v) is 10.6. The number of halogens is 1. The van der Waals surface area contributed by atoms with E-state index in [4.69, 9.17) is 0 Å². The lowest BCUT2D eigenvalue weighted by atomic mass is 10.2. The van der Waals surface area contributed by atoms with Gasteiger partial charge in [-0.2, -0.15) is 0 Å². The van der Waals surface area contributed by atoms with Crippen molar-refractivity contribution in [1.82, 2.24) is 14.5 Å². The monoisotopic (exact) mass is 460 g/mol. The molecule has 6 nitrogen and oxygen atoms in total. The summed E-state index contributed by atoms with van der Waals surface area (Å²) >= 11 is 6.23. The molecule has 1 N–H and O–H groups in total. The van der Waals surface area contributed by atoms with Crippen LogP contribution in [0.5, 0.6) is 0 Å². The summed E-state index contributed by atoms with van der Waals surface area (Å²) in [5.74, 6) is -0.192. The molecule has 136 valence electrons. The minimum absolute atomic E-state index is 0.125. The van der Waals surface area contributed by atoms with Gasteiger partial charge in [-0.05, 0) is 23.6 Å². The van der Waals surface area contributed by atoms with Crippen LogP contribution in [0, 0.1) is 0 Å². The number of carbonyl (C=O) groups excluding carboxylic acids is 1. The second-order valence-electron chi connectivity index (χ2n) is 5.73. The lowest BCUT2D eigenvalue weighted by Crippen LogP contribution is -2.23. The molecule has 3 heterocycles. The Balaban J connectivity index is 1.41. The number of amides is 1. The number of carbonyl (C=O) groups is 1. The largest absolute Gasteiger partial charge is 0.302 e. The maximum absolute atomic E-state index is 12.3. The number of fused-ring (bicyclic) bond motifs is 1. The number of nitrogens with zero attached hydrogens (tertiary/aromatic N) is 3. The average molecular weight is 461 g/mol. The highest BCUT2D eigenvalue weighted by atomic mass is 79.9. The zero-order valence-electron chi connectivity index (χ0n) is 13.9. The van der Waals surface area contributed by atoms with Crippen LogP contribution in [0.25, 0.3) is 21.5 Å². The summed E-state index contributed by atoms with van der Waals surface area (Å²) in [5.41, 5.74) is 1.66. The Kier molecular flexibility index (Phi) is 5.15. The molecule has 1 amide bonds. The Morgan fingerprint density at radius 3 is 3.00 bits per heavy atom. The molecular formula is C18H13BrN4O2S2. The topological polar surface area (TPSA) is 76.9 Å². The molecule has 0 aliphatic heterocycles. The first kappa shape index (κ1) is 18.0. The number of thiophene rings is 1. The molecular weight excluding hydrogens is 448 g/mol. The molecule has 0 saturated carbocycles. The first-order valence-electron chi connectivity index (χ1n) is 8.04. The van der Waals surface area contributed by atoms with Crippen LogP contribution in [0.15, 0.2) is 56.7 Å². The van der Waals surface area contributed by atoms with Crippen molar-refractivity contribution in [2.24, 2.45) is 0 Å². The highest BCUT2D eigenvalue weighted by Crippen LogP contribution is 2.26. The molecule has 0 aliphatic rings. The predicted octanol–water partition coefficient (Wildman–Crippen LogP) is 4.37. The standard InChI is InChI=1S/C18H13BrN4O2S2/c19-12-3-1-2-11(8-12)14-9-27-18(21-14)22-15(24)4-6-23-10-20-16-13(17(23)25)5-7-26-16/h1-3,5,7-10H,4,6H2,(H,21,22,24). The molecule has 4 aromatic rings. The number of anilines is 1. The van der Waals surface area contributed by atoms with Crippen LogP contribution in [0.4, 0.5) is 5.13 Å². The van der Waals surface area contributed by atoms with Crippen molar-refractivity contribution in [3.05, 3.63) is 62.2 Å². The average Bonchev–Trinajstić information content (AvgIpc) is 3.31. The third-order valence-corrected chi connectivity index (χ3v) is 5.97. The summed E-state index contributed by atoms with van der Waals surface area (Å²) in [4.78, 5) is 34.0. The van der Waals surface area contributed by atoms with Gasteiger partial charge in [0.2, 0.25) is 5.91 Å². The lowest BCUT2D eigenvalue weighted by Gasteiger charge is -2.05. The van der Waals surface area contributed by atoms with Crippen LogP contribution in [-0.2, 0) is 11.3 Å². The van der Waals surface area contributed by atoms with E-state index in [2.05, 4.69) is 31.2 Å². The predicted molar refractivity (Wildman–Crippen MR) is 112 cm³/mol. The molecule has 0 radical (unpaired) electrons. The molecule has 27 heavy (non-hydrogen) atoms. The van der Waals surface area contributed by atoms with E-state index < -0.39 is 0 Å². The quantitative estimate of drug-likeness (QED) is 0.479. The van der Waals surface area contributed by atoms with Gasteiger partial charge in [-0.15, -0.1) is 22.7 Å². The molecule has 3 aromatic heterocycles. The van der Waals surface area contributed by atoms with Crippen molar-refractivity contribution < 1.29 is 4.79 Å². The normalized spacial score (nSPS) is 11.0. The number of hydrogen-bond acceptors (Lipinski definition) is 6. The Morgan fingerprint density at radius 2 is 2.15 bits per heavy atom. The van der Waals surface area contributed by atoms with E-state index in [-0.39, 0.29) is 24.4 Å². The summed E-state index contributed by atoms with van der Waals surface area (Å²) < 4.78 is 2.43. The van der Waals surface area contributed by atoms with E-state index >= 15 is 0 Å². The SMILES string of the molecule is O=C(CCn1cnc2sccc2c1=O)Nc1nc(-c2cccc(Br)c2)cs1. The van der Waals surface area contributed by atoms with Crippen molar-refractivity contribution in [3.8, 4) is 11.3 Å². The summed E-state index contributed by atoms with van der Waals surface area (Å²) in [6.45, 7) is 0.271. The molecule has 4 rings (SSSR count). The van der Waals surface area contributed by atoms with Crippen LogP contribution >= 0.6 is 38.6 Å². The lowest BCUT2D eigenvalue weighted by molar-refractivity contribution is -0.116. The number of thiazole rings is 1. The molecule has 0 saturated heterocycles. The van der Waals surface area contributed by atoms with Gasteiger partial charge >= 0.3 is 0 Å². The maximum atomic E-state index is 12.3. The van der Waals surface area contributed by atoms with Gasteiger partial charge in [0.1, 0.15) is 4.83 Å². The number of aryl methyl sites for hydroxylation is 1. The molecule has 0 spiro atoms. The van der Waals surface area contributed by atoms with Gasteiger partial charge in [-0.3, -0.25) is 14.2 Å². The zero-order valence-corrected chi connectivity index (χ0v) is 17.1. The van der Waals surface area contributed by atoms with Gasteiger partial charge in [0.05, 0.1) is 17.4 Å². The number of nitrogens with one attached hydrogen (secondary N) is 1. The number of aromatic nitrogens is 3. The van der Waals surface area contributed by atoms with Gasteiger partial charge in [0.25, 0.3) is 5.56 Å². The van der Waals surface area contributed by atoms with E-state index in [9.17, 15) is 9.59 Å². The van der Waals surface area contributed by atoms with Crippen LogP contribution in [-0.4, -0.2) is 20.4 Å². The van der Waals surface area contributed by atoms with Crippen LogP contribution in [0.3, 0.4) is 0 Å². The molecule has 9 heteroatoms. The Labute approximate surface area is 170 Å². The van der Waals surface area contributed by atoms with E-state index in [1.807, 2.05) is 35.0 Å². The number of rotatable bonds is 5. The molecule has 0 unspecified atom stereocenters. The van der Waals surface area contributed by atoms with Gasteiger partial charge in [-0.25, -0.2) is 9.97 Å². The Hall–Kier alpha value is -2.36. The second-order valence-corrected chi connectivity index (χ2v) is 8.40. The molecule has 0 atom stereocenters. The minimum Gasteiger partial charge on any atom is -0.302 e. The second kappa shape index (κ2) is 7.71. The summed E-state index contributed by atoms with van der Waals surface area (Å²) in [6.07, 6.45) is 1.66. The van der Waals surface area contributed by atoms with E-state index in [0.29, 0.717) is 15.3 Å². The van der Waals surface area contributed by atoms with Gasteiger partial charge in [-0.1, -0.05) is 28.1 Å². The third-order valence-electron chi connectivity index (χ3n) is 3.90. The van der Waals surface area contributed by atoms with Gasteiger partial charge < -0.3 is 5.32 Å². The minimum atomic E-state index is -0.192. The highest BCUT2D eigenvalue weighted by molar-refractivity contribution is 9.10. The molecule has 0 fully saturated rings. The first-order chi connectivity index (χ1) is 13.1. The molecule has 0 aliphatic carbocycles. The van der Waals surface area contributed by atoms with Crippen molar-refractivity contribution in [2.45, 2.75) is 13.0 Å². The van der Waals surface area contributed by atoms with Crippen molar-refractivity contribution >= 4 is 59.9 Å². The fraction of sp³-hybridized carbons (Fsp3) is 0.111. The van der Waals surface area contributed by atoms with Crippen molar-refractivity contribution in [1.29, 1.82) is 0 Å². The maximum Gasteiger partial charge on any atom is 0.262 e. The summed E-state index contributed by atoms with van der Waals surface area (Å²) in [6, 6.07) is 9.58. The summed E-state index contributed by atoms with van der Waals surface area (Å²) in [7, 11) is 0. The van der Waals surface area contributed by atoms with E-state index in [0.717, 1.165) is 15.7 Å². The van der Waals surface area contributed by atoms with Crippen LogP contribution < -0.4 is 10.9 Å². The molecule has 1 aromatic carbocycles. The summed E-state index contributed by atoms with van der Waals surface area (Å²) in [5, 5.41) is 7.65. The highest BCUT2D eigenvalue weighted by Gasteiger charge is 2.10. The third kappa shape index (κ3) is 4.00. The van der Waals surface area contributed by atoms with Crippen molar-refractivity contribution in [2.75, 3.05) is 5.32 Å².